The zero-order chi connectivity index (χ0) is 15.5. The van der Waals surface area contributed by atoms with Crippen LogP contribution in [0, 0.1) is 11.6 Å². The molecule has 0 spiro atoms. The summed E-state index contributed by atoms with van der Waals surface area (Å²) in [6, 6.07) is 2.32. The summed E-state index contributed by atoms with van der Waals surface area (Å²) < 4.78 is 26.8. The minimum atomic E-state index is -0.508. The van der Waals surface area contributed by atoms with E-state index in [0.717, 1.165) is 18.2 Å². The highest BCUT2D eigenvalue weighted by molar-refractivity contribution is 5.81. The topological polar surface area (TPSA) is 41.1 Å². The Morgan fingerprint density at radius 1 is 1.20 bits per heavy atom. The van der Waals surface area contributed by atoms with Gasteiger partial charge in [0.05, 0.1) is 6.04 Å². The summed E-state index contributed by atoms with van der Waals surface area (Å²) in [4.78, 5) is 11.9. The Kier molecular flexibility index (Phi) is 5.22. The van der Waals surface area contributed by atoms with Gasteiger partial charge in [0.25, 0.3) is 0 Å². The highest BCUT2D eigenvalue weighted by Crippen LogP contribution is 2.18. The molecule has 0 aliphatic heterocycles. The molecule has 2 atom stereocenters. The SMILES string of the molecule is CC(NC(C)c1cc(F)ccc1F)C(=O)NC(C)(C)C. The van der Waals surface area contributed by atoms with Gasteiger partial charge in [0.1, 0.15) is 11.6 Å². The van der Waals surface area contributed by atoms with Gasteiger partial charge in [-0.05, 0) is 52.8 Å². The Morgan fingerprint density at radius 2 is 1.80 bits per heavy atom. The van der Waals surface area contributed by atoms with Crippen LogP contribution in [0.15, 0.2) is 18.2 Å². The number of amides is 1. The summed E-state index contributed by atoms with van der Waals surface area (Å²) in [6.45, 7) is 9.03. The van der Waals surface area contributed by atoms with Gasteiger partial charge in [-0.1, -0.05) is 0 Å². The third-order valence-electron chi connectivity index (χ3n) is 2.82. The van der Waals surface area contributed by atoms with Crippen molar-refractivity contribution in [2.75, 3.05) is 0 Å². The average molecular weight is 284 g/mol. The second kappa shape index (κ2) is 6.31. The van der Waals surface area contributed by atoms with Gasteiger partial charge in [-0.25, -0.2) is 8.78 Å². The molecule has 1 aromatic carbocycles. The van der Waals surface area contributed by atoms with Crippen molar-refractivity contribution in [2.45, 2.75) is 52.2 Å². The lowest BCUT2D eigenvalue weighted by Gasteiger charge is -2.25. The molecular formula is C15H22F2N2O. The van der Waals surface area contributed by atoms with Crippen molar-refractivity contribution in [3.05, 3.63) is 35.4 Å². The molecular weight excluding hydrogens is 262 g/mol. The Bertz CT molecular complexity index is 483. The molecule has 1 amide bonds. The van der Waals surface area contributed by atoms with Gasteiger partial charge in [0.15, 0.2) is 0 Å². The molecule has 0 aliphatic carbocycles. The van der Waals surface area contributed by atoms with E-state index in [2.05, 4.69) is 10.6 Å². The van der Waals surface area contributed by atoms with E-state index >= 15 is 0 Å². The van der Waals surface area contributed by atoms with Crippen molar-refractivity contribution < 1.29 is 13.6 Å². The first kappa shape index (κ1) is 16.6. The van der Waals surface area contributed by atoms with Crippen LogP contribution in [0.5, 0.6) is 0 Å². The Hall–Kier alpha value is -1.49. The van der Waals surface area contributed by atoms with Gasteiger partial charge in [-0.15, -0.1) is 0 Å². The maximum Gasteiger partial charge on any atom is 0.237 e. The van der Waals surface area contributed by atoms with Crippen molar-refractivity contribution in [2.24, 2.45) is 0 Å². The highest BCUT2D eigenvalue weighted by atomic mass is 19.1. The smallest absolute Gasteiger partial charge is 0.237 e. The minimum Gasteiger partial charge on any atom is -0.350 e. The second-order valence-corrected chi connectivity index (χ2v) is 6.02. The molecule has 0 saturated carbocycles. The maximum atomic E-state index is 13.6. The molecule has 0 bridgehead atoms. The summed E-state index contributed by atoms with van der Waals surface area (Å²) >= 11 is 0. The van der Waals surface area contributed by atoms with Gasteiger partial charge in [-0.3, -0.25) is 10.1 Å². The van der Waals surface area contributed by atoms with Crippen LogP contribution in [0.25, 0.3) is 0 Å². The summed E-state index contributed by atoms with van der Waals surface area (Å²) in [5, 5.41) is 5.80. The molecule has 5 heteroatoms. The van der Waals surface area contributed by atoms with Crippen molar-refractivity contribution in [1.29, 1.82) is 0 Å². The summed E-state index contributed by atoms with van der Waals surface area (Å²) in [5.41, 5.74) is -0.124. The molecule has 0 aromatic heterocycles. The van der Waals surface area contributed by atoms with Gasteiger partial charge >= 0.3 is 0 Å². The van der Waals surface area contributed by atoms with Crippen LogP contribution in [0.2, 0.25) is 0 Å². The maximum absolute atomic E-state index is 13.6. The lowest BCUT2D eigenvalue weighted by Crippen LogP contribution is -2.50. The van der Waals surface area contributed by atoms with Crippen LogP contribution in [-0.2, 0) is 4.79 Å². The number of hydrogen-bond acceptors (Lipinski definition) is 2. The lowest BCUT2D eigenvalue weighted by atomic mass is 10.1. The number of carbonyl (C=O) groups excluding carboxylic acids is 1. The average Bonchev–Trinajstić information content (AvgIpc) is 2.29. The Labute approximate surface area is 118 Å². The van der Waals surface area contributed by atoms with Crippen molar-refractivity contribution in [1.82, 2.24) is 10.6 Å². The molecule has 0 heterocycles. The van der Waals surface area contributed by atoms with Crippen LogP contribution < -0.4 is 10.6 Å². The summed E-state index contributed by atoms with van der Waals surface area (Å²) in [5.74, 6) is -1.17. The minimum absolute atomic E-state index is 0.179. The van der Waals surface area contributed by atoms with E-state index in [9.17, 15) is 13.6 Å². The molecule has 0 radical (unpaired) electrons. The largest absolute Gasteiger partial charge is 0.350 e. The van der Waals surface area contributed by atoms with Gasteiger partial charge < -0.3 is 5.32 Å². The first-order valence-corrected chi connectivity index (χ1v) is 6.63. The van der Waals surface area contributed by atoms with Crippen LogP contribution in [0.1, 0.15) is 46.2 Å². The van der Waals surface area contributed by atoms with Crippen LogP contribution in [0.4, 0.5) is 8.78 Å². The van der Waals surface area contributed by atoms with E-state index < -0.39 is 23.7 Å². The van der Waals surface area contributed by atoms with E-state index in [1.165, 1.54) is 0 Å². The van der Waals surface area contributed by atoms with E-state index in [0.29, 0.717) is 0 Å². The monoisotopic (exact) mass is 284 g/mol. The molecule has 112 valence electrons. The van der Waals surface area contributed by atoms with E-state index in [1.54, 1.807) is 13.8 Å². The molecule has 0 aliphatic rings. The van der Waals surface area contributed by atoms with E-state index in [1.807, 2.05) is 20.8 Å². The van der Waals surface area contributed by atoms with Crippen LogP contribution in [-0.4, -0.2) is 17.5 Å². The molecule has 0 saturated heterocycles. The highest BCUT2D eigenvalue weighted by Gasteiger charge is 2.22. The number of hydrogen-bond donors (Lipinski definition) is 2. The molecule has 1 aromatic rings. The zero-order valence-corrected chi connectivity index (χ0v) is 12.6. The zero-order valence-electron chi connectivity index (χ0n) is 12.6. The lowest BCUT2D eigenvalue weighted by molar-refractivity contribution is -0.124. The van der Waals surface area contributed by atoms with Crippen LogP contribution in [0.3, 0.4) is 0 Å². The molecule has 0 fully saturated rings. The predicted molar refractivity (Wildman–Crippen MR) is 75.3 cm³/mol. The normalized spacial score (nSPS) is 14.8. The standard InChI is InChI=1S/C15H22F2N2O/c1-9(12-8-11(16)6-7-13(12)17)18-10(2)14(20)19-15(3,4)5/h6-10,18H,1-5H3,(H,19,20). The number of benzene rings is 1. The van der Waals surface area contributed by atoms with Gasteiger partial charge in [0, 0.05) is 17.1 Å². The van der Waals surface area contributed by atoms with Crippen LogP contribution >= 0.6 is 0 Å². The van der Waals surface area contributed by atoms with E-state index in [4.69, 9.17) is 0 Å². The summed E-state index contributed by atoms with van der Waals surface area (Å²) in [7, 11) is 0. The van der Waals surface area contributed by atoms with Gasteiger partial charge in [0.2, 0.25) is 5.91 Å². The number of nitrogens with one attached hydrogen (secondary N) is 2. The summed E-state index contributed by atoms with van der Waals surface area (Å²) in [6.07, 6.45) is 0. The van der Waals surface area contributed by atoms with Crippen molar-refractivity contribution >= 4 is 5.91 Å². The molecule has 2 unspecified atom stereocenters. The second-order valence-electron chi connectivity index (χ2n) is 6.02. The van der Waals surface area contributed by atoms with E-state index in [-0.39, 0.29) is 17.0 Å². The first-order chi connectivity index (χ1) is 9.10. The number of rotatable bonds is 4. The fraction of sp³-hybridized carbons (Fsp3) is 0.533. The first-order valence-electron chi connectivity index (χ1n) is 6.63. The molecule has 3 nitrogen and oxygen atoms in total. The van der Waals surface area contributed by atoms with Gasteiger partial charge in [-0.2, -0.15) is 0 Å². The third kappa shape index (κ3) is 4.89. The third-order valence-corrected chi connectivity index (χ3v) is 2.82. The fourth-order valence-electron chi connectivity index (χ4n) is 1.86. The quantitative estimate of drug-likeness (QED) is 0.892. The van der Waals surface area contributed by atoms with Crippen molar-refractivity contribution in [3.63, 3.8) is 0 Å². The number of halogens is 2. The molecule has 20 heavy (non-hydrogen) atoms. The molecule has 1 rings (SSSR count). The van der Waals surface area contributed by atoms with Crippen molar-refractivity contribution in [3.8, 4) is 0 Å². The molecule has 2 N–H and O–H groups in total. The Balaban J connectivity index is 2.72. The number of carbonyl (C=O) groups is 1. The fourth-order valence-corrected chi connectivity index (χ4v) is 1.86. The Morgan fingerprint density at radius 3 is 2.35 bits per heavy atom. The predicted octanol–water partition coefficient (Wildman–Crippen LogP) is 2.92.